The zero-order valence-electron chi connectivity index (χ0n) is 14.1. The van der Waals surface area contributed by atoms with Gasteiger partial charge < -0.3 is 14.5 Å². The Morgan fingerprint density at radius 2 is 2.22 bits per heavy atom. The van der Waals surface area contributed by atoms with E-state index in [0.29, 0.717) is 6.61 Å². The lowest BCUT2D eigenvalue weighted by Gasteiger charge is -2.23. The molecule has 0 saturated heterocycles. The molecule has 0 unspecified atom stereocenters. The van der Waals surface area contributed by atoms with E-state index < -0.39 is 0 Å². The van der Waals surface area contributed by atoms with Gasteiger partial charge in [0.05, 0.1) is 13.2 Å². The molecule has 0 aliphatic carbocycles. The van der Waals surface area contributed by atoms with E-state index in [1.165, 1.54) is 11.1 Å². The minimum Gasteiger partial charge on any atom is -0.487 e. The first-order chi connectivity index (χ1) is 11.1. The first kappa shape index (κ1) is 16.0. The number of hydrogen-bond donors (Lipinski definition) is 1. The van der Waals surface area contributed by atoms with Gasteiger partial charge in [0.1, 0.15) is 17.2 Å². The van der Waals surface area contributed by atoms with Crippen molar-refractivity contribution in [2.75, 3.05) is 20.3 Å². The maximum absolute atomic E-state index is 6.18. The molecule has 0 radical (unpaired) electrons. The highest BCUT2D eigenvalue weighted by Gasteiger charge is 2.31. The number of imidazole rings is 1. The van der Waals surface area contributed by atoms with Gasteiger partial charge in [-0.25, -0.2) is 4.98 Å². The van der Waals surface area contributed by atoms with E-state index in [9.17, 15) is 0 Å². The summed E-state index contributed by atoms with van der Waals surface area (Å²) in [5.74, 6) is 2.02. The summed E-state index contributed by atoms with van der Waals surface area (Å²) in [6.45, 7) is 7.42. The Labute approximate surface area is 137 Å². The Kier molecular flexibility index (Phi) is 4.68. The number of ether oxygens (including phenoxy) is 2. The van der Waals surface area contributed by atoms with Crippen LogP contribution in [0.25, 0.3) is 0 Å². The summed E-state index contributed by atoms with van der Waals surface area (Å²) in [5, 5.41) is 0. The normalized spacial score (nSPS) is 15.7. The van der Waals surface area contributed by atoms with Crippen molar-refractivity contribution >= 4 is 0 Å². The Balaban J connectivity index is 1.76. The van der Waals surface area contributed by atoms with Crippen LogP contribution in [0, 0.1) is 0 Å². The van der Waals surface area contributed by atoms with Crippen LogP contribution in [-0.2, 0) is 24.2 Å². The number of fused-ring (bicyclic) bond motifs is 1. The lowest BCUT2D eigenvalue weighted by molar-refractivity contribution is 0.126. The van der Waals surface area contributed by atoms with Crippen LogP contribution in [0.3, 0.4) is 0 Å². The first-order valence-electron chi connectivity index (χ1n) is 8.07. The van der Waals surface area contributed by atoms with Crippen LogP contribution in [0.15, 0.2) is 30.6 Å². The van der Waals surface area contributed by atoms with Crippen molar-refractivity contribution in [1.29, 1.82) is 0 Å². The number of rotatable bonds is 7. The number of para-hydroxylation sites is 1. The third-order valence-corrected chi connectivity index (χ3v) is 4.11. The van der Waals surface area contributed by atoms with Gasteiger partial charge in [0.2, 0.25) is 0 Å². The summed E-state index contributed by atoms with van der Waals surface area (Å²) in [6.07, 6.45) is 4.61. The van der Waals surface area contributed by atoms with Gasteiger partial charge in [0, 0.05) is 44.6 Å². The molecule has 1 aliphatic rings. The van der Waals surface area contributed by atoms with Crippen molar-refractivity contribution in [2.45, 2.75) is 39.0 Å². The fourth-order valence-electron chi connectivity index (χ4n) is 3.08. The highest BCUT2D eigenvalue weighted by atomic mass is 16.5. The fourth-order valence-corrected chi connectivity index (χ4v) is 3.08. The van der Waals surface area contributed by atoms with Gasteiger partial charge in [-0.15, -0.1) is 0 Å². The number of aromatic amines is 1. The maximum Gasteiger partial charge on any atom is 0.127 e. The van der Waals surface area contributed by atoms with E-state index in [-0.39, 0.29) is 5.60 Å². The summed E-state index contributed by atoms with van der Waals surface area (Å²) < 4.78 is 11.4. The molecule has 0 saturated carbocycles. The van der Waals surface area contributed by atoms with Crippen molar-refractivity contribution < 1.29 is 9.47 Å². The molecular weight excluding hydrogens is 290 g/mol. The maximum atomic E-state index is 6.18. The van der Waals surface area contributed by atoms with Crippen molar-refractivity contribution in [3.8, 4) is 5.75 Å². The summed E-state index contributed by atoms with van der Waals surface area (Å²) in [7, 11) is 1.73. The average Bonchev–Trinajstić information content (AvgIpc) is 3.11. The lowest BCUT2D eigenvalue weighted by Crippen LogP contribution is -2.28. The van der Waals surface area contributed by atoms with E-state index >= 15 is 0 Å². The van der Waals surface area contributed by atoms with Crippen molar-refractivity contribution in [1.82, 2.24) is 14.9 Å². The predicted molar refractivity (Wildman–Crippen MR) is 89.4 cm³/mol. The molecular formula is C18H25N3O2. The molecule has 1 aromatic carbocycles. The molecule has 0 amide bonds. The van der Waals surface area contributed by atoms with Crippen LogP contribution in [0.4, 0.5) is 0 Å². The first-order valence-corrected chi connectivity index (χ1v) is 8.07. The number of benzene rings is 1. The summed E-state index contributed by atoms with van der Waals surface area (Å²) in [5.41, 5.74) is 2.42. The number of methoxy groups -OCH3 is 1. The molecule has 5 nitrogen and oxygen atoms in total. The van der Waals surface area contributed by atoms with E-state index in [4.69, 9.17) is 9.47 Å². The van der Waals surface area contributed by atoms with E-state index in [1.807, 2.05) is 6.20 Å². The van der Waals surface area contributed by atoms with E-state index in [2.05, 4.69) is 46.9 Å². The number of aromatic nitrogens is 2. The quantitative estimate of drug-likeness (QED) is 0.853. The second-order valence-corrected chi connectivity index (χ2v) is 6.68. The number of nitrogens with one attached hydrogen (secondary N) is 1. The van der Waals surface area contributed by atoms with Crippen LogP contribution in [-0.4, -0.2) is 40.7 Å². The fraction of sp³-hybridized carbons (Fsp3) is 0.500. The smallest absolute Gasteiger partial charge is 0.127 e. The third kappa shape index (κ3) is 3.92. The van der Waals surface area contributed by atoms with Crippen LogP contribution in [0.5, 0.6) is 5.75 Å². The topological polar surface area (TPSA) is 50.4 Å². The monoisotopic (exact) mass is 315 g/mol. The van der Waals surface area contributed by atoms with Crippen LogP contribution in [0.2, 0.25) is 0 Å². The third-order valence-electron chi connectivity index (χ3n) is 4.11. The molecule has 23 heavy (non-hydrogen) atoms. The van der Waals surface area contributed by atoms with Gasteiger partial charge in [-0.1, -0.05) is 18.2 Å². The largest absolute Gasteiger partial charge is 0.487 e. The molecule has 1 N–H and O–H groups in total. The number of H-pyrrole nitrogens is 1. The Morgan fingerprint density at radius 3 is 2.96 bits per heavy atom. The summed E-state index contributed by atoms with van der Waals surface area (Å²) in [6, 6.07) is 6.45. The molecule has 2 aromatic rings. The predicted octanol–water partition coefficient (Wildman–Crippen LogP) is 2.77. The van der Waals surface area contributed by atoms with E-state index in [0.717, 1.165) is 37.6 Å². The average molecular weight is 315 g/mol. The molecule has 3 rings (SSSR count). The molecule has 5 heteroatoms. The van der Waals surface area contributed by atoms with Gasteiger partial charge in [0.15, 0.2) is 0 Å². The van der Waals surface area contributed by atoms with Crippen molar-refractivity contribution in [2.24, 2.45) is 0 Å². The summed E-state index contributed by atoms with van der Waals surface area (Å²) in [4.78, 5) is 9.83. The van der Waals surface area contributed by atoms with Crippen LogP contribution in [0.1, 0.15) is 30.8 Å². The van der Waals surface area contributed by atoms with Crippen LogP contribution < -0.4 is 4.74 Å². The van der Waals surface area contributed by atoms with Gasteiger partial charge in [-0.05, 0) is 19.4 Å². The van der Waals surface area contributed by atoms with Gasteiger partial charge in [-0.3, -0.25) is 4.90 Å². The molecule has 2 heterocycles. The number of hydrogen-bond acceptors (Lipinski definition) is 4. The minimum atomic E-state index is -0.114. The Morgan fingerprint density at radius 1 is 1.35 bits per heavy atom. The minimum absolute atomic E-state index is 0.114. The Bertz CT molecular complexity index is 638. The molecule has 1 aliphatic heterocycles. The molecule has 124 valence electrons. The molecule has 0 atom stereocenters. The molecule has 0 bridgehead atoms. The van der Waals surface area contributed by atoms with Crippen molar-refractivity contribution in [3.63, 3.8) is 0 Å². The second-order valence-electron chi connectivity index (χ2n) is 6.68. The Hall–Kier alpha value is -1.85. The van der Waals surface area contributed by atoms with Gasteiger partial charge >= 0.3 is 0 Å². The zero-order chi connectivity index (χ0) is 16.3. The van der Waals surface area contributed by atoms with E-state index in [1.54, 1.807) is 13.3 Å². The summed E-state index contributed by atoms with van der Waals surface area (Å²) >= 11 is 0. The van der Waals surface area contributed by atoms with Gasteiger partial charge in [0.25, 0.3) is 0 Å². The van der Waals surface area contributed by atoms with Crippen molar-refractivity contribution in [3.05, 3.63) is 47.5 Å². The SMILES string of the molecule is COCCN(Cc1ncc[nH]1)Cc1cccc2c1OC(C)(C)C2. The highest BCUT2D eigenvalue weighted by Crippen LogP contribution is 2.38. The zero-order valence-corrected chi connectivity index (χ0v) is 14.1. The second kappa shape index (κ2) is 6.72. The highest BCUT2D eigenvalue weighted by molar-refractivity contribution is 5.45. The number of nitrogens with zero attached hydrogens (tertiary/aromatic N) is 2. The molecule has 1 aromatic heterocycles. The van der Waals surface area contributed by atoms with Gasteiger partial charge in [-0.2, -0.15) is 0 Å². The molecule has 0 spiro atoms. The molecule has 0 fully saturated rings. The standard InChI is InChI=1S/C18H25N3O2/c1-18(2)11-14-5-4-6-15(17(14)23-18)12-21(9-10-22-3)13-16-19-7-8-20-16/h4-8H,9-13H2,1-3H3,(H,19,20). The lowest BCUT2D eigenvalue weighted by atomic mass is 10.0. The van der Waals surface area contributed by atoms with Crippen LogP contribution >= 0.6 is 0 Å².